The Kier molecular flexibility index (Phi) is 5.52. The fraction of sp³-hybridized carbons (Fsp3) is 0.471. The van der Waals surface area contributed by atoms with Crippen molar-refractivity contribution in [1.82, 2.24) is 0 Å². The molecular weight excluding hydrogens is 252 g/mol. The van der Waals surface area contributed by atoms with Gasteiger partial charge in [-0.15, -0.1) is 0 Å². The van der Waals surface area contributed by atoms with Gasteiger partial charge >= 0.3 is 5.97 Å². The van der Waals surface area contributed by atoms with Crippen LogP contribution in [0.3, 0.4) is 0 Å². The molecule has 110 valence electrons. The van der Waals surface area contributed by atoms with Crippen molar-refractivity contribution in [2.24, 2.45) is 5.92 Å². The zero-order valence-electron chi connectivity index (χ0n) is 12.9. The Bertz CT molecular complexity index is 469. The summed E-state index contributed by atoms with van der Waals surface area (Å²) >= 11 is 0. The molecule has 3 heteroatoms. The summed E-state index contributed by atoms with van der Waals surface area (Å²) in [6.45, 7) is 8.95. The lowest BCUT2D eigenvalue weighted by Crippen LogP contribution is -2.33. The average Bonchev–Trinajstić information content (AvgIpc) is 2.36. The average molecular weight is 276 g/mol. The molecule has 0 radical (unpaired) electrons. The first-order chi connectivity index (χ1) is 9.20. The minimum atomic E-state index is -0.843. The van der Waals surface area contributed by atoms with E-state index in [1.807, 2.05) is 64.1 Å². The lowest BCUT2D eigenvalue weighted by Gasteiger charge is -2.25. The van der Waals surface area contributed by atoms with Crippen LogP contribution in [0.25, 0.3) is 6.08 Å². The van der Waals surface area contributed by atoms with Gasteiger partial charge in [-0.1, -0.05) is 36.4 Å². The lowest BCUT2D eigenvalue weighted by molar-refractivity contribution is -0.162. The number of carbonyl (C=O) groups excluding carboxylic acids is 1. The van der Waals surface area contributed by atoms with Gasteiger partial charge in [0.2, 0.25) is 0 Å². The molecule has 0 aliphatic carbocycles. The predicted octanol–water partition coefficient (Wildman–Crippen LogP) is 3.43. The second kappa shape index (κ2) is 6.71. The summed E-state index contributed by atoms with van der Waals surface area (Å²) < 4.78 is 5.29. The van der Waals surface area contributed by atoms with Crippen LogP contribution in [0, 0.1) is 5.92 Å². The van der Waals surface area contributed by atoms with Crippen LogP contribution in [-0.2, 0) is 9.53 Å². The highest BCUT2D eigenvalue weighted by molar-refractivity contribution is 5.74. The van der Waals surface area contributed by atoms with E-state index in [4.69, 9.17) is 4.74 Å². The van der Waals surface area contributed by atoms with E-state index >= 15 is 0 Å². The van der Waals surface area contributed by atoms with Crippen molar-refractivity contribution in [1.29, 1.82) is 0 Å². The first-order valence-electron chi connectivity index (χ1n) is 6.85. The van der Waals surface area contributed by atoms with Crippen molar-refractivity contribution >= 4 is 12.0 Å². The third-order valence-corrected chi connectivity index (χ3v) is 2.91. The molecule has 0 saturated carbocycles. The van der Waals surface area contributed by atoms with Gasteiger partial charge in [-0.25, -0.2) is 0 Å². The van der Waals surface area contributed by atoms with Gasteiger partial charge in [0.25, 0.3) is 0 Å². The van der Waals surface area contributed by atoms with Crippen molar-refractivity contribution < 1.29 is 14.6 Å². The van der Waals surface area contributed by atoms with E-state index in [9.17, 15) is 9.90 Å². The second-order valence-corrected chi connectivity index (χ2v) is 6.07. The number of hydrogen-bond acceptors (Lipinski definition) is 3. The van der Waals surface area contributed by atoms with Crippen LogP contribution in [-0.4, -0.2) is 22.8 Å². The van der Waals surface area contributed by atoms with Crippen LogP contribution in [0.4, 0.5) is 0 Å². The van der Waals surface area contributed by atoms with Gasteiger partial charge in [0, 0.05) is 0 Å². The van der Waals surface area contributed by atoms with Crippen LogP contribution in [0.2, 0.25) is 0 Å². The normalized spacial score (nSPS) is 15.6. The highest BCUT2D eigenvalue weighted by Crippen LogP contribution is 2.19. The molecule has 0 fully saturated rings. The molecule has 0 aliphatic heterocycles. The van der Waals surface area contributed by atoms with Gasteiger partial charge in [0.1, 0.15) is 5.60 Å². The number of aliphatic hydroxyl groups is 1. The smallest absolute Gasteiger partial charge is 0.312 e. The number of hydrogen-bond donors (Lipinski definition) is 1. The van der Waals surface area contributed by atoms with Gasteiger partial charge in [-0.2, -0.15) is 0 Å². The first-order valence-corrected chi connectivity index (χ1v) is 6.85. The van der Waals surface area contributed by atoms with Crippen LogP contribution in [0.1, 0.15) is 40.2 Å². The summed E-state index contributed by atoms with van der Waals surface area (Å²) in [7, 11) is 0. The molecular formula is C17H24O3. The summed E-state index contributed by atoms with van der Waals surface area (Å²) in [5, 5.41) is 10.2. The molecule has 0 unspecified atom stereocenters. The number of rotatable bonds is 4. The Morgan fingerprint density at radius 2 is 1.80 bits per heavy atom. The van der Waals surface area contributed by atoms with E-state index in [2.05, 4.69) is 0 Å². The molecule has 1 N–H and O–H groups in total. The molecule has 0 bridgehead atoms. The lowest BCUT2D eigenvalue weighted by atomic mass is 9.96. The fourth-order valence-corrected chi connectivity index (χ4v) is 1.82. The number of benzene rings is 1. The molecule has 2 atom stereocenters. The first kappa shape index (κ1) is 16.4. The van der Waals surface area contributed by atoms with E-state index < -0.39 is 17.6 Å². The van der Waals surface area contributed by atoms with E-state index in [0.717, 1.165) is 11.1 Å². The van der Waals surface area contributed by atoms with E-state index in [0.29, 0.717) is 0 Å². The summed E-state index contributed by atoms with van der Waals surface area (Å²) in [4.78, 5) is 11.9. The number of carbonyl (C=O) groups is 1. The molecule has 0 amide bonds. The van der Waals surface area contributed by atoms with Crippen LogP contribution in [0.5, 0.6) is 0 Å². The Morgan fingerprint density at radius 3 is 2.30 bits per heavy atom. The maximum absolute atomic E-state index is 11.9. The van der Waals surface area contributed by atoms with Crippen molar-refractivity contribution in [2.45, 2.75) is 46.3 Å². The van der Waals surface area contributed by atoms with Gasteiger partial charge < -0.3 is 9.84 Å². The molecule has 0 saturated heterocycles. The third kappa shape index (κ3) is 5.17. The van der Waals surface area contributed by atoms with Crippen LogP contribution in [0.15, 0.2) is 35.9 Å². The molecule has 20 heavy (non-hydrogen) atoms. The van der Waals surface area contributed by atoms with Crippen LogP contribution >= 0.6 is 0 Å². The standard InChI is InChI=1S/C17H24O3/c1-12(11-14-9-7-6-8-10-14)15(18)13(2)16(19)20-17(3,4)5/h6-11,13,15,18H,1-5H3/b12-11+/t13-,15-/m0/s1. The number of esters is 1. The molecule has 0 aromatic heterocycles. The zero-order chi connectivity index (χ0) is 15.3. The summed E-state index contributed by atoms with van der Waals surface area (Å²) in [5.41, 5.74) is 1.21. The number of ether oxygens (including phenoxy) is 1. The SMILES string of the molecule is C/C(=C\c1ccccc1)[C@H](O)[C@H](C)C(=O)OC(C)(C)C. The van der Waals surface area contributed by atoms with E-state index in [1.54, 1.807) is 6.92 Å². The Balaban J connectivity index is 2.76. The maximum atomic E-state index is 11.9. The van der Waals surface area contributed by atoms with Gasteiger partial charge in [-0.05, 0) is 45.8 Å². The number of aliphatic hydroxyl groups excluding tert-OH is 1. The molecule has 0 aliphatic rings. The highest BCUT2D eigenvalue weighted by Gasteiger charge is 2.28. The van der Waals surface area contributed by atoms with Gasteiger partial charge in [0.05, 0.1) is 12.0 Å². The summed E-state index contributed by atoms with van der Waals surface area (Å²) in [6, 6.07) is 9.71. The molecule has 0 spiro atoms. The minimum absolute atomic E-state index is 0.384. The minimum Gasteiger partial charge on any atom is -0.460 e. The summed E-state index contributed by atoms with van der Waals surface area (Å²) in [5.74, 6) is -0.972. The Hall–Kier alpha value is -1.61. The largest absolute Gasteiger partial charge is 0.460 e. The highest BCUT2D eigenvalue weighted by atomic mass is 16.6. The molecule has 1 aromatic carbocycles. The van der Waals surface area contributed by atoms with Gasteiger partial charge in [-0.3, -0.25) is 4.79 Å². The molecule has 1 aromatic rings. The monoisotopic (exact) mass is 276 g/mol. The van der Waals surface area contributed by atoms with Crippen molar-refractivity contribution in [3.05, 3.63) is 41.5 Å². The van der Waals surface area contributed by atoms with Crippen LogP contribution < -0.4 is 0 Å². The zero-order valence-corrected chi connectivity index (χ0v) is 12.9. The molecule has 0 heterocycles. The summed E-state index contributed by atoms with van der Waals surface area (Å²) in [6.07, 6.45) is 1.04. The van der Waals surface area contributed by atoms with Crippen molar-refractivity contribution in [3.8, 4) is 0 Å². The van der Waals surface area contributed by atoms with E-state index in [1.165, 1.54) is 0 Å². The molecule has 3 nitrogen and oxygen atoms in total. The fourth-order valence-electron chi connectivity index (χ4n) is 1.82. The Morgan fingerprint density at radius 1 is 1.25 bits per heavy atom. The van der Waals surface area contributed by atoms with Gasteiger partial charge in [0.15, 0.2) is 0 Å². The molecule has 1 rings (SSSR count). The van der Waals surface area contributed by atoms with Crippen molar-refractivity contribution in [2.75, 3.05) is 0 Å². The van der Waals surface area contributed by atoms with Crippen molar-refractivity contribution in [3.63, 3.8) is 0 Å². The quantitative estimate of drug-likeness (QED) is 0.857. The maximum Gasteiger partial charge on any atom is 0.312 e. The third-order valence-electron chi connectivity index (χ3n) is 2.91. The second-order valence-electron chi connectivity index (χ2n) is 6.07. The Labute approximate surface area is 121 Å². The topological polar surface area (TPSA) is 46.5 Å². The predicted molar refractivity (Wildman–Crippen MR) is 81.1 cm³/mol. The van der Waals surface area contributed by atoms with E-state index in [-0.39, 0.29) is 5.97 Å².